The molecule has 1 atom stereocenters. The summed E-state index contributed by atoms with van der Waals surface area (Å²) in [6.45, 7) is 1.96. The minimum Gasteiger partial charge on any atom is -0.357 e. The molecular formula is C17H18N4O. The second kappa shape index (κ2) is 5.89. The molecule has 0 radical (unpaired) electrons. The molecule has 1 unspecified atom stereocenters. The predicted molar refractivity (Wildman–Crippen MR) is 87.7 cm³/mol. The van der Waals surface area contributed by atoms with Gasteiger partial charge >= 0.3 is 6.03 Å². The van der Waals surface area contributed by atoms with E-state index in [2.05, 4.69) is 15.6 Å². The molecule has 0 aliphatic heterocycles. The van der Waals surface area contributed by atoms with E-state index < -0.39 is 0 Å². The molecule has 22 heavy (non-hydrogen) atoms. The highest BCUT2D eigenvalue weighted by Gasteiger charge is 2.11. The Morgan fingerprint density at radius 1 is 1.27 bits per heavy atom. The largest absolute Gasteiger partial charge is 0.357 e. The maximum Gasteiger partial charge on any atom is 0.319 e. The van der Waals surface area contributed by atoms with E-state index in [1.54, 1.807) is 12.4 Å². The topological polar surface area (TPSA) is 59.0 Å². The fourth-order valence-corrected chi connectivity index (χ4v) is 2.45. The van der Waals surface area contributed by atoms with Crippen molar-refractivity contribution < 1.29 is 4.79 Å². The number of anilines is 1. The van der Waals surface area contributed by atoms with Crippen LogP contribution in [0.25, 0.3) is 10.8 Å². The molecule has 3 rings (SSSR count). The Hall–Kier alpha value is -2.82. The van der Waals surface area contributed by atoms with Gasteiger partial charge in [-0.15, -0.1) is 0 Å². The number of hydrogen-bond donors (Lipinski definition) is 2. The summed E-state index contributed by atoms with van der Waals surface area (Å²) in [4.78, 5) is 16.3. The summed E-state index contributed by atoms with van der Waals surface area (Å²) in [5, 5.41) is 7.82. The van der Waals surface area contributed by atoms with Crippen LogP contribution in [0.2, 0.25) is 0 Å². The second-order valence-corrected chi connectivity index (χ2v) is 5.33. The van der Waals surface area contributed by atoms with Gasteiger partial charge in [-0.05, 0) is 30.7 Å². The summed E-state index contributed by atoms with van der Waals surface area (Å²) in [6, 6.07) is 9.37. The quantitative estimate of drug-likeness (QED) is 0.777. The summed E-state index contributed by atoms with van der Waals surface area (Å²) in [6.07, 6.45) is 7.46. The highest BCUT2D eigenvalue weighted by Crippen LogP contribution is 2.22. The van der Waals surface area contributed by atoms with E-state index >= 15 is 0 Å². The monoisotopic (exact) mass is 294 g/mol. The Morgan fingerprint density at radius 2 is 2.14 bits per heavy atom. The molecule has 2 N–H and O–H groups in total. The molecule has 0 spiro atoms. The maximum atomic E-state index is 12.2. The van der Waals surface area contributed by atoms with Crippen LogP contribution in [0.1, 0.15) is 18.5 Å². The van der Waals surface area contributed by atoms with Gasteiger partial charge < -0.3 is 15.2 Å². The van der Waals surface area contributed by atoms with Crippen LogP contribution in [0.3, 0.4) is 0 Å². The van der Waals surface area contributed by atoms with Gasteiger partial charge in [0.25, 0.3) is 0 Å². The third-order valence-corrected chi connectivity index (χ3v) is 3.63. The number of urea groups is 1. The van der Waals surface area contributed by atoms with Gasteiger partial charge in [0.15, 0.2) is 0 Å². The number of nitrogens with zero attached hydrogens (tertiary/aromatic N) is 2. The molecule has 0 bridgehead atoms. The first-order valence-corrected chi connectivity index (χ1v) is 7.15. The van der Waals surface area contributed by atoms with Gasteiger partial charge in [0, 0.05) is 42.6 Å². The van der Waals surface area contributed by atoms with Crippen molar-refractivity contribution in [3.63, 3.8) is 0 Å². The Morgan fingerprint density at radius 3 is 2.91 bits per heavy atom. The van der Waals surface area contributed by atoms with Crippen LogP contribution in [0, 0.1) is 0 Å². The van der Waals surface area contributed by atoms with Crippen molar-refractivity contribution in [2.24, 2.45) is 7.05 Å². The number of amides is 2. The molecule has 0 aliphatic rings. The summed E-state index contributed by atoms with van der Waals surface area (Å²) in [5.74, 6) is 0. The van der Waals surface area contributed by atoms with Gasteiger partial charge in [-0.1, -0.05) is 12.1 Å². The van der Waals surface area contributed by atoms with Crippen molar-refractivity contribution in [1.29, 1.82) is 0 Å². The molecule has 2 amide bonds. The molecule has 5 heteroatoms. The average molecular weight is 294 g/mol. The van der Waals surface area contributed by atoms with E-state index in [1.165, 1.54) is 0 Å². The van der Waals surface area contributed by atoms with E-state index in [9.17, 15) is 4.79 Å². The van der Waals surface area contributed by atoms with Crippen LogP contribution < -0.4 is 10.6 Å². The number of fused-ring (bicyclic) bond motifs is 1. The molecule has 2 heterocycles. The van der Waals surface area contributed by atoms with Crippen LogP contribution >= 0.6 is 0 Å². The molecule has 0 fully saturated rings. The Kier molecular flexibility index (Phi) is 3.78. The summed E-state index contributed by atoms with van der Waals surface area (Å²) < 4.78 is 1.96. The molecular weight excluding hydrogens is 276 g/mol. The number of nitrogens with one attached hydrogen (secondary N) is 2. The fourth-order valence-electron chi connectivity index (χ4n) is 2.45. The van der Waals surface area contributed by atoms with Crippen LogP contribution in [0.5, 0.6) is 0 Å². The molecule has 0 aliphatic carbocycles. The van der Waals surface area contributed by atoms with Crippen molar-refractivity contribution in [3.05, 3.63) is 60.7 Å². The number of carbonyl (C=O) groups excluding carboxylic acids is 1. The SMILES string of the molecule is CC(NC(=O)Nc1cccc2cnccc12)c1ccn(C)c1. The zero-order chi connectivity index (χ0) is 15.5. The van der Waals surface area contributed by atoms with Crippen molar-refractivity contribution in [2.45, 2.75) is 13.0 Å². The van der Waals surface area contributed by atoms with Crippen molar-refractivity contribution in [3.8, 4) is 0 Å². The second-order valence-electron chi connectivity index (χ2n) is 5.33. The fraction of sp³-hybridized carbons (Fsp3) is 0.176. The number of benzene rings is 1. The Balaban J connectivity index is 1.73. The Bertz CT molecular complexity index is 804. The molecule has 1 aromatic carbocycles. The molecule has 2 aromatic heterocycles. The summed E-state index contributed by atoms with van der Waals surface area (Å²) in [7, 11) is 1.96. The van der Waals surface area contributed by atoms with Crippen molar-refractivity contribution >= 4 is 22.5 Å². The number of hydrogen-bond acceptors (Lipinski definition) is 2. The number of rotatable bonds is 3. The van der Waals surface area contributed by atoms with Crippen LogP contribution in [-0.4, -0.2) is 15.6 Å². The number of pyridine rings is 1. The zero-order valence-electron chi connectivity index (χ0n) is 12.6. The maximum absolute atomic E-state index is 12.2. The normalized spacial score (nSPS) is 12.1. The summed E-state index contributed by atoms with van der Waals surface area (Å²) >= 11 is 0. The first-order chi connectivity index (χ1) is 10.6. The first kappa shape index (κ1) is 14.1. The molecule has 5 nitrogen and oxygen atoms in total. The van der Waals surface area contributed by atoms with Gasteiger partial charge in [-0.3, -0.25) is 4.98 Å². The van der Waals surface area contributed by atoms with E-state index in [1.807, 2.05) is 61.3 Å². The molecule has 112 valence electrons. The van der Waals surface area contributed by atoms with Gasteiger partial charge in [0.1, 0.15) is 0 Å². The lowest BCUT2D eigenvalue weighted by molar-refractivity contribution is 0.249. The number of aromatic nitrogens is 2. The Labute approximate surface area is 129 Å². The minimum atomic E-state index is -0.222. The van der Waals surface area contributed by atoms with Gasteiger partial charge in [-0.25, -0.2) is 4.79 Å². The summed E-state index contributed by atoms with van der Waals surface area (Å²) in [5.41, 5.74) is 1.84. The number of carbonyl (C=O) groups is 1. The third-order valence-electron chi connectivity index (χ3n) is 3.63. The molecule has 0 saturated heterocycles. The predicted octanol–water partition coefficient (Wildman–Crippen LogP) is 3.46. The van der Waals surface area contributed by atoms with Gasteiger partial charge in [0.05, 0.1) is 11.7 Å². The van der Waals surface area contributed by atoms with E-state index in [0.29, 0.717) is 0 Å². The lowest BCUT2D eigenvalue weighted by Crippen LogP contribution is -2.31. The van der Waals surface area contributed by atoms with Crippen molar-refractivity contribution in [2.75, 3.05) is 5.32 Å². The lowest BCUT2D eigenvalue weighted by Gasteiger charge is -2.14. The highest BCUT2D eigenvalue weighted by molar-refractivity contribution is 6.01. The van der Waals surface area contributed by atoms with Gasteiger partial charge in [0.2, 0.25) is 0 Å². The molecule has 3 aromatic rings. The van der Waals surface area contributed by atoms with Gasteiger partial charge in [-0.2, -0.15) is 0 Å². The first-order valence-electron chi connectivity index (χ1n) is 7.15. The van der Waals surface area contributed by atoms with Crippen molar-refractivity contribution in [1.82, 2.24) is 14.9 Å². The standard InChI is InChI=1S/C17H18N4O/c1-12(14-7-9-21(2)11-14)19-17(22)20-16-5-3-4-13-10-18-8-6-15(13)16/h3-12H,1-2H3,(H2,19,20,22). The van der Waals surface area contributed by atoms with E-state index in [4.69, 9.17) is 0 Å². The minimum absolute atomic E-state index is 0.0576. The third kappa shape index (κ3) is 2.93. The smallest absolute Gasteiger partial charge is 0.319 e. The number of aryl methyl sites for hydroxylation is 1. The van der Waals surface area contributed by atoms with E-state index in [-0.39, 0.29) is 12.1 Å². The zero-order valence-corrected chi connectivity index (χ0v) is 12.6. The average Bonchev–Trinajstić information content (AvgIpc) is 2.94. The van der Waals surface area contributed by atoms with Crippen LogP contribution in [0.4, 0.5) is 10.5 Å². The van der Waals surface area contributed by atoms with Crippen LogP contribution in [-0.2, 0) is 7.05 Å². The molecule has 0 saturated carbocycles. The van der Waals surface area contributed by atoms with Crippen LogP contribution in [0.15, 0.2) is 55.1 Å². The lowest BCUT2D eigenvalue weighted by atomic mass is 10.1. The highest BCUT2D eigenvalue weighted by atomic mass is 16.2. The van der Waals surface area contributed by atoms with E-state index in [0.717, 1.165) is 22.0 Å².